The highest BCUT2D eigenvalue weighted by Crippen LogP contribution is 2.39. The molecule has 19 heavy (non-hydrogen) atoms. The maximum Gasteiger partial charge on any atom is 0.167 e. The highest BCUT2D eigenvalue weighted by atomic mass is 35.5. The molecule has 1 fully saturated rings. The van der Waals surface area contributed by atoms with Gasteiger partial charge in [-0.3, -0.25) is 0 Å². The number of benzene rings is 1. The first kappa shape index (κ1) is 14.4. The second kappa shape index (κ2) is 4.84. The minimum Gasteiger partial charge on any atom is -0.397 e. The number of nitrogens with two attached hydrogens (primary N) is 1. The third kappa shape index (κ3) is 2.51. The molecule has 2 atom stereocenters. The van der Waals surface area contributed by atoms with Gasteiger partial charge in [0, 0.05) is 18.5 Å². The number of anilines is 2. The molecule has 5 heteroatoms. The Morgan fingerprint density at radius 1 is 1.47 bits per heavy atom. The van der Waals surface area contributed by atoms with Crippen LogP contribution in [-0.2, 0) is 0 Å². The van der Waals surface area contributed by atoms with Crippen LogP contribution in [0.2, 0.25) is 5.02 Å². The summed E-state index contributed by atoms with van der Waals surface area (Å²) in [7, 11) is 0. The van der Waals surface area contributed by atoms with Crippen LogP contribution in [0.4, 0.5) is 15.8 Å². The molecule has 0 saturated carbocycles. The average molecular weight is 287 g/mol. The van der Waals surface area contributed by atoms with Gasteiger partial charge in [0.05, 0.1) is 17.0 Å². The van der Waals surface area contributed by atoms with Gasteiger partial charge in [0.1, 0.15) is 5.02 Å². The predicted octanol–water partition coefficient (Wildman–Crippen LogP) is 3.05. The molecule has 1 saturated heterocycles. The van der Waals surface area contributed by atoms with Crippen molar-refractivity contribution in [1.29, 1.82) is 0 Å². The van der Waals surface area contributed by atoms with Crippen LogP contribution in [0, 0.1) is 11.7 Å². The Kier molecular flexibility index (Phi) is 3.67. The van der Waals surface area contributed by atoms with E-state index in [1.165, 1.54) is 0 Å². The van der Waals surface area contributed by atoms with Gasteiger partial charge < -0.3 is 15.7 Å². The molecule has 0 bridgehead atoms. The number of rotatable bonds is 2. The molecule has 0 spiro atoms. The Balaban J connectivity index is 2.33. The predicted molar refractivity (Wildman–Crippen MR) is 77.0 cm³/mol. The van der Waals surface area contributed by atoms with Crippen molar-refractivity contribution in [3.05, 3.63) is 23.0 Å². The van der Waals surface area contributed by atoms with Crippen molar-refractivity contribution in [2.75, 3.05) is 17.2 Å². The van der Waals surface area contributed by atoms with Gasteiger partial charge in [0.25, 0.3) is 0 Å². The summed E-state index contributed by atoms with van der Waals surface area (Å²) in [5.41, 5.74) is 5.51. The summed E-state index contributed by atoms with van der Waals surface area (Å²) in [6, 6.07) is 3.32. The van der Waals surface area contributed by atoms with Gasteiger partial charge in [0.15, 0.2) is 5.82 Å². The van der Waals surface area contributed by atoms with Crippen molar-refractivity contribution in [3.63, 3.8) is 0 Å². The van der Waals surface area contributed by atoms with Crippen molar-refractivity contribution in [3.8, 4) is 0 Å². The largest absolute Gasteiger partial charge is 0.397 e. The molecule has 0 amide bonds. The van der Waals surface area contributed by atoms with Crippen LogP contribution in [0.3, 0.4) is 0 Å². The molecular formula is C14H20ClFN2O. The SMILES string of the molecule is C[C@H]1[C@@H](C(C)(C)O)CCN1c1ccc(N)c(Cl)c1F. The summed E-state index contributed by atoms with van der Waals surface area (Å²) in [5, 5.41) is 10.1. The quantitative estimate of drug-likeness (QED) is 0.822. The molecule has 1 aliphatic heterocycles. The van der Waals surface area contributed by atoms with Gasteiger partial charge in [-0.05, 0) is 39.3 Å². The maximum atomic E-state index is 14.2. The van der Waals surface area contributed by atoms with Crippen LogP contribution in [0.1, 0.15) is 27.2 Å². The van der Waals surface area contributed by atoms with Crippen LogP contribution in [0.5, 0.6) is 0 Å². The Bertz CT molecular complexity index is 487. The molecule has 0 radical (unpaired) electrons. The number of hydrogen-bond donors (Lipinski definition) is 2. The fourth-order valence-corrected chi connectivity index (χ4v) is 3.16. The normalized spacial score (nSPS) is 24.0. The van der Waals surface area contributed by atoms with Crippen LogP contribution < -0.4 is 10.6 Å². The lowest BCUT2D eigenvalue weighted by atomic mass is 9.85. The van der Waals surface area contributed by atoms with Crippen LogP contribution in [0.25, 0.3) is 0 Å². The zero-order valence-corrected chi connectivity index (χ0v) is 12.2. The standard InChI is InChI=1S/C14H20ClFN2O/c1-8-9(14(2,3)19)6-7-18(8)11-5-4-10(17)12(15)13(11)16/h4-5,8-9,19H,6-7,17H2,1-3H3/t8-,9-/m0/s1. The topological polar surface area (TPSA) is 49.5 Å². The van der Waals surface area contributed by atoms with Crippen molar-refractivity contribution < 1.29 is 9.50 Å². The lowest BCUT2D eigenvalue weighted by Gasteiger charge is -2.33. The van der Waals surface area contributed by atoms with Crippen LogP contribution in [-0.4, -0.2) is 23.3 Å². The molecule has 1 aliphatic rings. The van der Waals surface area contributed by atoms with Crippen molar-refractivity contribution in [1.82, 2.24) is 0 Å². The fourth-order valence-electron chi connectivity index (χ4n) is 3.00. The van der Waals surface area contributed by atoms with E-state index in [0.29, 0.717) is 12.2 Å². The molecule has 106 valence electrons. The second-order valence-electron chi connectivity index (χ2n) is 5.78. The summed E-state index contributed by atoms with van der Waals surface area (Å²) in [4.78, 5) is 1.95. The van der Waals surface area contributed by atoms with E-state index in [9.17, 15) is 9.50 Å². The molecule has 0 aliphatic carbocycles. The van der Waals surface area contributed by atoms with Gasteiger partial charge in [-0.2, -0.15) is 0 Å². The number of aliphatic hydroxyl groups is 1. The third-order valence-electron chi connectivity index (χ3n) is 4.06. The molecule has 0 aromatic heterocycles. The maximum absolute atomic E-state index is 14.2. The molecule has 1 aromatic carbocycles. The molecule has 0 unspecified atom stereocenters. The van der Waals surface area contributed by atoms with Crippen molar-refractivity contribution >= 4 is 23.0 Å². The number of nitrogen functional groups attached to an aromatic ring is 1. The molecule has 1 heterocycles. The number of nitrogens with zero attached hydrogens (tertiary/aromatic N) is 1. The zero-order valence-electron chi connectivity index (χ0n) is 11.5. The van der Waals surface area contributed by atoms with Crippen molar-refractivity contribution in [2.24, 2.45) is 5.92 Å². The Hall–Kier alpha value is -1.000. The lowest BCUT2D eigenvalue weighted by molar-refractivity contribution is 0.0156. The minimum absolute atomic E-state index is 0.0311. The summed E-state index contributed by atoms with van der Waals surface area (Å²) in [5.74, 6) is -0.381. The summed E-state index contributed by atoms with van der Waals surface area (Å²) >= 11 is 5.86. The highest BCUT2D eigenvalue weighted by Gasteiger charge is 2.40. The van der Waals surface area contributed by atoms with Crippen molar-refractivity contribution in [2.45, 2.75) is 38.8 Å². The van der Waals surface area contributed by atoms with Crippen LogP contribution >= 0.6 is 11.6 Å². The Labute approximate surface area is 118 Å². The summed E-state index contributed by atoms with van der Waals surface area (Å²) in [6.07, 6.45) is 0.825. The van der Waals surface area contributed by atoms with Gasteiger partial charge in [0.2, 0.25) is 0 Å². The highest BCUT2D eigenvalue weighted by molar-refractivity contribution is 6.33. The number of halogens is 2. The first-order valence-electron chi connectivity index (χ1n) is 6.46. The van der Waals surface area contributed by atoms with Gasteiger partial charge in [-0.15, -0.1) is 0 Å². The minimum atomic E-state index is -0.776. The van der Waals surface area contributed by atoms with E-state index in [1.807, 2.05) is 11.8 Å². The first-order chi connectivity index (χ1) is 8.73. The first-order valence-corrected chi connectivity index (χ1v) is 6.83. The smallest absolute Gasteiger partial charge is 0.167 e. The Morgan fingerprint density at radius 2 is 2.11 bits per heavy atom. The van der Waals surface area contributed by atoms with E-state index in [-0.39, 0.29) is 22.7 Å². The van der Waals surface area contributed by atoms with E-state index in [4.69, 9.17) is 17.3 Å². The molecule has 3 nitrogen and oxygen atoms in total. The Morgan fingerprint density at radius 3 is 2.63 bits per heavy atom. The summed E-state index contributed by atoms with van der Waals surface area (Å²) < 4.78 is 14.2. The third-order valence-corrected chi connectivity index (χ3v) is 4.45. The van der Waals surface area contributed by atoms with Gasteiger partial charge in [-0.25, -0.2) is 4.39 Å². The average Bonchev–Trinajstić information content (AvgIpc) is 2.68. The monoisotopic (exact) mass is 286 g/mol. The zero-order chi connectivity index (χ0) is 14.4. The van der Waals surface area contributed by atoms with E-state index in [2.05, 4.69) is 0 Å². The lowest BCUT2D eigenvalue weighted by Crippen LogP contribution is -2.40. The van der Waals surface area contributed by atoms with Gasteiger partial charge >= 0.3 is 0 Å². The van der Waals surface area contributed by atoms with E-state index < -0.39 is 11.4 Å². The second-order valence-corrected chi connectivity index (χ2v) is 6.16. The molecular weight excluding hydrogens is 267 g/mol. The van der Waals surface area contributed by atoms with E-state index >= 15 is 0 Å². The number of hydrogen-bond acceptors (Lipinski definition) is 3. The summed E-state index contributed by atoms with van der Waals surface area (Å²) in [6.45, 7) is 6.29. The molecule has 2 rings (SSSR count). The van der Waals surface area contributed by atoms with Crippen LogP contribution in [0.15, 0.2) is 12.1 Å². The van der Waals surface area contributed by atoms with E-state index in [0.717, 1.165) is 6.42 Å². The van der Waals surface area contributed by atoms with Gasteiger partial charge in [-0.1, -0.05) is 11.6 Å². The fraction of sp³-hybridized carbons (Fsp3) is 0.571. The molecule has 1 aromatic rings. The van der Waals surface area contributed by atoms with E-state index in [1.54, 1.807) is 26.0 Å². The molecule has 3 N–H and O–H groups in total.